The Bertz CT molecular complexity index is 528. The minimum Gasteiger partial charge on any atom is -0.444 e. The van der Waals surface area contributed by atoms with Gasteiger partial charge in [-0.3, -0.25) is 0 Å². The van der Waals surface area contributed by atoms with Crippen LogP contribution >= 0.6 is 15.9 Å². The van der Waals surface area contributed by atoms with Crippen molar-refractivity contribution in [2.45, 2.75) is 51.8 Å². The Morgan fingerprint density at radius 2 is 2.09 bits per heavy atom. The van der Waals surface area contributed by atoms with Gasteiger partial charge in [0.15, 0.2) is 0 Å². The molecule has 1 fully saturated rings. The molecule has 0 radical (unpaired) electrons. The Morgan fingerprint density at radius 1 is 1.41 bits per heavy atom. The minimum absolute atomic E-state index is 0.217. The molecule has 2 atom stereocenters. The topological polar surface area (TPSA) is 41.6 Å². The molecule has 5 heteroatoms. The van der Waals surface area contributed by atoms with Crippen LogP contribution in [0.3, 0.4) is 0 Å². The first-order chi connectivity index (χ1) is 10.3. The fourth-order valence-corrected chi connectivity index (χ4v) is 3.29. The highest BCUT2D eigenvalue weighted by molar-refractivity contribution is 9.10. The highest BCUT2D eigenvalue weighted by Gasteiger charge is 2.30. The zero-order valence-electron chi connectivity index (χ0n) is 13.7. The normalized spacial score (nSPS) is 20.0. The van der Waals surface area contributed by atoms with E-state index in [9.17, 15) is 4.79 Å². The predicted molar refractivity (Wildman–Crippen MR) is 91.9 cm³/mol. The molecule has 0 aliphatic carbocycles. The number of ether oxygens (including phenoxy) is 1. The Morgan fingerprint density at radius 3 is 2.73 bits per heavy atom. The van der Waals surface area contributed by atoms with Crippen LogP contribution in [0, 0.1) is 0 Å². The molecule has 122 valence electrons. The lowest BCUT2D eigenvalue weighted by Crippen LogP contribution is -2.39. The summed E-state index contributed by atoms with van der Waals surface area (Å²) in [4.78, 5) is 13.9. The third-order valence-corrected chi connectivity index (χ3v) is 4.42. The van der Waals surface area contributed by atoms with E-state index in [0.717, 1.165) is 17.4 Å². The number of rotatable bonds is 3. The van der Waals surface area contributed by atoms with Gasteiger partial charge >= 0.3 is 6.09 Å². The molecule has 1 aliphatic rings. The summed E-state index contributed by atoms with van der Waals surface area (Å²) in [7, 11) is 0. The molecule has 1 N–H and O–H groups in total. The summed E-state index contributed by atoms with van der Waals surface area (Å²) in [6.45, 7) is 9.28. The fourth-order valence-electron chi connectivity index (χ4n) is 2.66. The maximum atomic E-state index is 12.1. The fraction of sp³-hybridized carbons (Fsp3) is 0.588. The zero-order valence-corrected chi connectivity index (χ0v) is 15.3. The maximum Gasteiger partial charge on any atom is 0.410 e. The van der Waals surface area contributed by atoms with Gasteiger partial charge < -0.3 is 15.0 Å². The average molecular weight is 369 g/mol. The van der Waals surface area contributed by atoms with Crippen LogP contribution in [0.2, 0.25) is 0 Å². The molecular weight excluding hydrogens is 344 g/mol. The molecule has 1 heterocycles. The van der Waals surface area contributed by atoms with E-state index < -0.39 is 5.60 Å². The number of nitrogens with one attached hydrogen (secondary N) is 1. The van der Waals surface area contributed by atoms with E-state index in [-0.39, 0.29) is 12.1 Å². The first-order valence-electron chi connectivity index (χ1n) is 7.74. The van der Waals surface area contributed by atoms with Crippen molar-refractivity contribution in [3.63, 3.8) is 0 Å². The minimum atomic E-state index is -0.440. The third kappa shape index (κ3) is 4.71. The van der Waals surface area contributed by atoms with Gasteiger partial charge in [-0.2, -0.15) is 0 Å². The molecule has 22 heavy (non-hydrogen) atoms. The second kappa shape index (κ2) is 7.01. The van der Waals surface area contributed by atoms with Gasteiger partial charge in [0.2, 0.25) is 0 Å². The summed E-state index contributed by atoms with van der Waals surface area (Å²) < 4.78 is 6.54. The smallest absolute Gasteiger partial charge is 0.410 e. The Hall–Kier alpha value is -1.07. The number of likely N-dealkylation sites (tertiary alicyclic amines) is 1. The lowest BCUT2D eigenvalue weighted by atomic mass is 10.1. The third-order valence-electron chi connectivity index (χ3n) is 3.70. The van der Waals surface area contributed by atoms with Gasteiger partial charge in [-0.15, -0.1) is 0 Å². The molecule has 0 saturated carbocycles. The molecule has 1 aromatic rings. The number of hydrogen-bond acceptors (Lipinski definition) is 3. The molecule has 2 rings (SSSR count). The van der Waals surface area contributed by atoms with Crippen molar-refractivity contribution in [2.24, 2.45) is 0 Å². The number of nitrogens with zero attached hydrogens (tertiary/aromatic N) is 1. The number of benzene rings is 1. The van der Waals surface area contributed by atoms with E-state index >= 15 is 0 Å². The second-order valence-corrected chi connectivity index (χ2v) is 7.68. The van der Waals surface area contributed by atoms with Crippen LogP contribution in [0.5, 0.6) is 0 Å². The highest BCUT2D eigenvalue weighted by Crippen LogP contribution is 2.24. The quantitative estimate of drug-likeness (QED) is 0.872. The molecule has 1 amide bonds. The Kier molecular flexibility index (Phi) is 5.50. The summed E-state index contributed by atoms with van der Waals surface area (Å²) in [6, 6.07) is 8.76. The first-order valence-corrected chi connectivity index (χ1v) is 8.54. The van der Waals surface area contributed by atoms with E-state index in [0.29, 0.717) is 12.6 Å². The number of hydrogen-bond donors (Lipinski definition) is 1. The highest BCUT2D eigenvalue weighted by atomic mass is 79.9. The van der Waals surface area contributed by atoms with Crippen LogP contribution in [-0.2, 0) is 4.74 Å². The van der Waals surface area contributed by atoms with Crippen molar-refractivity contribution in [1.82, 2.24) is 10.2 Å². The van der Waals surface area contributed by atoms with Gasteiger partial charge in [0.25, 0.3) is 0 Å². The van der Waals surface area contributed by atoms with E-state index in [1.54, 1.807) is 4.90 Å². The molecule has 0 bridgehead atoms. The molecule has 0 aromatic heterocycles. The summed E-state index contributed by atoms with van der Waals surface area (Å²) >= 11 is 3.59. The number of amides is 1. The number of halogens is 1. The largest absolute Gasteiger partial charge is 0.444 e. The molecule has 1 aliphatic heterocycles. The Balaban J connectivity index is 1.89. The molecule has 4 nitrogen and oxygen atoms in total. The lowest BCUT2D eigenvalue weighted by molar-refractivity contribution is 0.0290. The summed E-state index contributed by atoms with van der Waals surface area (Å²) in [5.41, 5.74) is 0.795. The van der Waals surface area contributed by atoms with Crippen LogP contribution < -0.4 is 5.32 Å². The summed E-state index contributed by atoms with van der Waals surface area (Å²) in [5, 5.41) is 3.60. The molecular formula is C17H25BrN2O2. The van der Waals surface area contributed by atoms with E-state index in [1.807, 2.05) is 32.9 Å². The first kappa shape index (κ1) is 17.3. The average Bonchev–Trinajstić information content (AvgIpc) is 2.85. The summed E-state index contributed by atoms with van der Waals surface area (Å²) in [5.74, 6) is 0. The lowest BCUT2D eigenvalue weighted by Gasteiger charge is -2.25. The van der Waals surface area contributed by atoms with Crippen molar-refractivity contribution < 1.29 is 9.53 Å². The van der Waals surface area contributed by atoms with Crippen molar-refractivity contribution in [3.05, 3.63) is 34.3 Å². The van der Waals surface area contributed by atoms with Crippen LogP contribution in [0.4, 0.5) is 4.79 Å². The van der Waals surface area contributed by atoms with Crippen molar-refractivity contribution in [3.8, 4) is 0 Å². The molecule has 0 spiro atoms. The number of carbonyl (C=O) groups is 1. The zero-order chi connectivity index (χ0) is 16.3. The molecule has 1 unspecified atom stereocenters. The van der Waals surface area contributed by atoms with Crippen LogP contribution in [0.15, 0.2) is 28.7 Å². The SMILES string of the molecule is C[C@H](NC1CCN(C(=O)OC(C)(C)C)C1)c1ccccc1Br. The number of carbonyl (C=O) groups excluding carboxylic acids is 1. The van der Waals surface area contributed by atoms with Crippen molar-refractivity contribution in [1.29, 1.82) is 0 Å². The predicted octanol–water partition coefficient (Wildman–Crippen LogP) is 4.11. The van der Waals surface area contributed by atoms with E-state index in [1.165, 1.54) is 5.56 Å². The van der Waals surface area contributed by atoms with Gasteiger partial charge in [0.1, 0.15) is 5.60 Å². The van der Waals surface area contributed by atoms with Gasteiger partial charge in [-0.25, -0.2) is 4.79 Å². The van der Waals surface area contributed by atoms with Gasteiger partial charge in [0.05, 0.1) is 0 Å². The van der Waals surface area contributed by atoms with Gasteiger partial charge in [-0.1, -0.05) is 34.1 Å². The van der Waals surface area contributed by atoms with Crippen LogP contribution in [0.1, 0.15) is 45.7 Å². The van der Waals surface area contributed by atoms with E-state index in [2.05, 4.69) is 40.3 Å². The second-order valence-electron chi connectivity index (χ2n) is 6.82. The maximum absolute atomic E-state index is 12.1. The Labute approximate surface area is 141 Å². The van der Waals surface area contributed by atoms with Crippen molar-refractivity contribution >= 4 is 22.0 Å². The monoisotopic (exact) mass is 368 g/mol. The molecule has 1 aromatic carbocycles. The molecule has 1 saturated heterocycles. The van der Waals surface area contributed by atoms with Crippen molar-refractivity contribution in [2.75, 3.05) is 13.1 Å². The summed E-state index contributed by atoms with van der Waals surface area (Å²) in [6.07, 6.45) is 0.735. The van der Waals surface area contributed by atoms with Gasteiger partial charge in [0, 0.05) is 29.6 Å². The van der Waals surface area contributed by atoms with Gasteiger partial charge in [-0.05, 0) is 45.7 Å². The standard InChI is InChI=1S/C17H25BrN2O2/c1-12(14-7-5-6-8-15(14)18)19-13-9-10-20(11-13)16(21)22-17(2,3)4/h5-8,12-13,19H,9-11H2,1-4H3/t12-,13?/m0/s1. The van der Waals surface area contributed by atoms with Crippen LogP contribution in [-0.4, -0.2) is 35.7 Å². The van der Waals surface area contributed by atoms with E-state index in [4.69, 9.17) is 4.74 Å². The van der Waals surface area contributed by atoms with Crippen LogP contribution in [0.25, 0.3) is 0 Å².